The summed E-state index contributed by atoms with van der Waals surface area (Å²) in [5.41, 5.74) is 0.0892. The van der Waals surface area contributed by atoms with Gasteiger partial charge in [-0.15, -0.1) is 5.06 Å². The normalized spacial score (nSPS) is 18.1. The first-order valence-electron chi connectivity index (χ1n) is 5.51. The van der Waals surface area contributed by atoms with Crippen molar-refractivity contribution in [2.75, 3.05) is 0 Å². The van der Waals surface area contributed by atoms with Gasteiger partial charge in [0.2, 0.25) is 0 Å². The fourth-order valence-corrected chi connectivity index (χ4v) is 2.70. The van der Waals surface area contributed by atoms with Gasteiger partial charge < -0.3 is 4.84 Å². The molecule has 0 aromatic heterocycles. The number of imide groups is 1. The summed E-state index contributed by atoms with van der Waals surface area (Å²) in [7, 11) is -4.73. The maximum absolute atomic E-state index is 11.8. The summed E-state index contributed by atoms with van der Waals surface area (Å²) in [6.07, 6.45) is -0.766. The van der Waals surface area contributed by atoms with Crippen LogP contribution in [-0.2, 0) is 24.5 Å². The maximum Gasteiger partial charge on any atom is 0.363 e. The van der Waals surface area contributed by atoms with E-state index in [2.05, 4.69) is 4.84 Å². The third kappa shape index (κ3) is 4.26. The number of hydrogen-bond donors (Lipinski definition) is 1. The van der Waals surface area contributed by atoms with E-state index in [1.54, 1.807) is 12.1 Å². The van der Waals surface area contributed by atoms with Gasteiger partial charge in [0, 0.05) is 33.1 Å². The molecule has 8 nitrogen and oxygen atoms in total. The van der Waals surface area contributed by atoms with E-state index in [4.69, 9.17) is 4.55 Å². The van der Waals surface area contributed by atoms with Crippen molar-refractivity contribution in [1.29, 1.82) is 0 Å². The molecule has 0 aliphatic carbocycles. The van der Waals surface area contributed by atoms with Crippen molar-refractivity contribution >= 4 is 80.0 Å². The van der Waals surface area contributed by atoms with Crippen molar-refractivity contribution in [2.45, 2.75) is 11.7 Å². The summed E-state index contributed by atoms with van der Waals surface area (Å²) in [5.74, 6) is -3.29. The van der Waals surface area contributed by atoms with Gasteiger partial charge >= 0.3 is 5.97 Å². The summed E-state index contributed by atoms with van der Waals surface area (Å²) < 4.78 is 31.6. The first kappa shape index (κ1) is 19.5. The monoisotopic (exact) mass is 448 g/mol. The average Bonchev–Trinajstić information content (AvgIpc) is 2.67. The Morgan fingerprint density at radius 1 is 1.27 bits per heavy atom. The largest absolute Gasteiger partial charge is 0.363 e. The number of hydroxylamine groups is 2. The number of amides is 2. The van der Waals surface area contributed by atoms with Gasteiger partial charge in [-0.05, 0) is 46.9 Å². The van der Waals surface area contributed by atoms with E-state index in [1.807, 2.05) is 22.6 Å². The Morgan fingerprint density at radius 2 is 1.82 bits per heavy atom. The third-order valence-electron chi connectivity index (χ3n) is 2.68. The summed E-state index contributed by atoms with van der Waals surface area (Å²) in [4.78, 5) is 39.6. The first-order chi connectivity index (χ1) is 9.70. The van der Waals surface area contributed by atoms with Crippen LogP contribution in [-0.4, -0.2) is 70.6 Å². The Labute approximate surface area is 161 Å². The van der Waals surface area contributed by atoms with Crippen LogP contribution in [0.15, 0.2) is 24.3 Å². The van der Waals surface area contributed by atoms with Gasteiger partial charge in [0.05, 0.1) is 12.0 Å². The zero-order chi connectivity index (χ0) is 15.8. The van der Waals surface area contributed by atoms with E-state index < -0.39 is 39.6 Å². The third-order valence-corrected chi connectivity index (χ3v) is 4.48. The van der Waals surface area contributed by atoms with Gasteiger partial charge in [-0.1, -0.05) is 0 Å². The van der Waals surface area contributed by atoms with E-state index in [0.29, 0.717) is 0 Å². The smallest absolute Gasteiger partial charge is 0.325 e. The molecule has 0 bridgehead atoms. The van der Waals surface area contributed by atoms with E-state index >= 15 is 0 Å². The standard InChI is InChI=1S/C11H8INO7S.Na/c12-7-3-1-6(2-4-7)11(16)20-13-9(14)5-8(10(13)15)21(17,18)19;/h1-4,8H,5H2,(H,17,18,19);. The van der Waals surface area contributed by atoms with Crippen molar-refractivity contribution in [3.63, 3.8) is 0 Å². The molecule has 1 saturated heterocycles. The van der Waals surface area contributed by atoms with Crippen LogP contribution in [0, 0.1) is 3.57 Å². The zero-order valence-electron chi connectivity index (χ0n) is 11.2. The fraction of sp³-hybridized carbons (Fsp3) is 0.182. The number of carbonyl (C=O) groups is 3. The predicted octanol–water partition coefficient (Wildman–Crippen LogP) is -0.00250. The second kappa shape index (κ2) is 7.36. The van der Waals surface area contributed by atoms with Crippen molar-refractivity contribution in [3.8, 4) is 0 Å². The molecule has 1 atom stereocenters. The quantitative estimate of drug-likeness (QED) is 0.299. The van der Waals surface area contributed by atoms with Gasteiger partial charge in [0.25, 0.3) is 21.9 Å². The van der Waals surface area contributed by atoms with Crippen LogP contribution in [0.25, 0.3) is 0 Å². The van der Waals surface area contributed by atoms with E-state index in [9.17, 15) is 22.8 Å². The van der Waals surface area contributed by atoms with Crippen LogP contribution in [0.2, 0.25) is 0 Å². The summed E-state index contributed by atoms with van der Waals surface area (Å²) >= 11 is 2.02. The number of halogens is 1. The van der Waals surface area contributed by atoms with Gasteiger partial charge in [0.1, 0.15) is 0 Å². The molecule has 1 N–H and O–H groups in total. The molecule has 1 aromatic carbocycles. The first-order valence-corrected chi connectivity index (χ1v) is 8.09. The molecule has 1 unspecified atom stereocenters. The summed E-state index contributed by atoms with van der Waals surface area (Å²) in [6.45, 7) is 0. The number of nitrogens with zero attached hydrogens (tertiary/aromatic N) is 1. The van der Waals surface area contributed by atoms with Crippen molar-refractivity contribution in [3.05, 3.63) is 33.4 Å². The predicted molar refractivity (Wildman–Crippen MR) is 82.1 cm³/mol. The number of rotatable bonds is 3. The molecule has 1 aromatic rings. The molecule has 1 aliphatic rings. The Kier molecular flexibility index (Phi) is 6.53. The van der Waals surface area contributed by atoms with Crippen LogP contribution in [0.4, 0.5) is 0 Å². The molecule has 113 valence electrons. The average molecular weight is 448 g/mol. The van der Waals surface area contributed by atoms with Crippen molar-refractivity contribution < 1.29 is 32.2 Å². The minimum Gasteiger partial charge on any atom is -0.325 e. The van der Waals surface area contributed by atoms with Crippen molar-refractivity contribution in [2.24, 2.45) is 0 Å². The molecule has 1 radical (unpaired) electrons. The Morgan fingerprint density at radius 3 is 2.27 bits per heavy atom. The molecule has 1 aliphatic heterocycles. The maximum atomic E-state index is 11.8. The summed E-state index contributed by atoms with van der Waals surface area (Å²) in [6, 6.07) is 6.09. The molecule has 1 heterocycles. The molecule has 22 heavy (non-hydrogen) atoms. The minimum absolute atomic E-state index is 0. The van der Waals surface area contributed by atoms with Gasteiger partial charge in [-0.3, -0.25) is 14.1 Å². The number of benzene rings is 1. The second-order valence-corrected chi connectivity index (χ2v) is 6.96. The molecular weight excluding hydrogens is 440 g/mol. The topological polar surface area (TPSA) is 118 Å². The van der Waals surface area contributed by atoms with Gasteiger partial charge in [-0.25, -0.2) is 4.79 Å². The van der Waals surface area contributed by atoms with Gasteiger partial charge in [-0.2, -0.15) is 8.42 Å². The van der Waals surface area contributed by atoms with Crippen molar-refractivity contribution in [1.82, 2.24) is 5.06 Å². The number of hydrogen-bond acceptors (Lipinski definition) is 6. The molecule has 1 fully saturated rings. The molecule has 0 spiro atoms. The van der Waals surface area contributed by atoms with E-state index in [-0.39, 0.29) is 40.2 Å². The molecule has 2 amide bonds. The van der Waals surface area contributed by atoms with Crippen LogP contribution >= 0.6 is 22.6 Å². The zero-order valence-corrected chi connectivity index (χ0v) is 16.2. The Balaban J connectivity index is 0.00000242. The molecule has 11 heteroatoms. The number of carbonyl (C=O) groups excluding carboxylic acids is 3. The van der Waals surface area contributed by atoms with E-state index in [1.165, 1.54) is 12.1 Å². The van der Waals surface area contributed by atoms with E-state index in [0.717, 1.165) is 3.57 Å². The fourth-order valence-electron chi connectivity index (χ4n) is 1.63. The SMILES string of the molecule is O=C(ON1C(=O)CC(S(=O)(=O)O)C1=O)c1ccc(I)cc1.[Na]. The molecular formula is C11H8INNaO7S. The van der Waals surface area contributed by atoms with Crippen LogP contribution in [0.5, 0.6) is 0 Å². The minimum atomic E-state index is -4.73. The van der Waals surface area contributed by atoms with Crippen LogP contribution < -0.4 is 0 Å². The second-order valence-electron chi connectivity index (χ2n) is 4.12. The van der Waals surface area contributed by atoms with Crippen LogP contribution in [0.1, 0.15) is 16.8 Å². The van der Waals surface area contributed by atoms with Gasteiger partial charge in [0.15, 0.2) is 5.25 Å². The molecule has 0 saturated carbocycles. The Hall–Kier alpha value is -0.530. The van der Waals surface area contributed by atoms with Crippen LogP contribution in [0.3, 0.4) is 0 Å². The molecule has 2 rings (SSSR count). The Bertz CT molecular complexity index is 718. The summed E-state index contributed by atoms with van der Waals surface area (Å²) in [5, 5.41) is -1.87.